The fourth-order valence-electron chi connectivity index (χ4n) is 14.9. The zero-order chi connectivity index (χ0) is 51.7. The summed E-state index contributed by atoms with van der Waals surface area (Å²) < 4.78 is 5.55. The Balaban J connectivity index is 0.877. The van der Waals surface area contributed by atoms with Gasteiger partial charge in [-0.1, -0.05) is 79.6 Å². The van der Waals surface area contributed by atoms with Gasteiger partial charge in [0, 0.05) is 37.8 Å². The Labute approximate surface area is 441 Å². The molecule has 3 aromatic carbocycles. The molecular formula is C63H85N5O6. The maximum Gasteiger partial charge on any atom is 0.163 e. The first-order valence-electron chi connectivity index (χ1n) is 28.2. The van der Waals surface area contributed by atoms with E-state index in [1.165, 1.54) is 68.4 Å². The van der Waals surface area contributed by atoms with Crippen molar-refractivity contribution in [2.24, 2.45) is 40.2 Å². The molecule has 1 unspecified atom stereocenters. The van der Waals surface area contributed by atoms with Crippen LogP contribution in [0, 0.1) is 34.5 Å². The number of allylic oxidation sites excluding steroid dienone is 3. The smallest absolute Gasteiger partial charge is 0.163 e. The van der Waals surface area contributed by atoms with Crippen molar-refractivity contribution in [1.29, 1.82) is 0 Å². The van der Waals surface area contributed by atoms with Crippen molar-refractivity contribution in [3.05, 3.63) is 136 Å². The van der Waals surface area contributed by atoms with Crippen molar-refractivity contribution in [3.63, 3.8) is 0 Å². The fraction of sp³-hybridized carbons (Fsp3) is 0.556. The first kappa shape index (κ1) is 53.9. The molecule has 9 N–H and O–H groups in total. The van der Waals surface area contributed by atoms with E-state index < -0.39 is 12.7 Å². The highest BCUT2D eigenvalue weighted by atomic mass is 16.5. The van der Waals surface area contributed by atoms with Gasteiger partial charge < -0.3 is 47.1 Å². The van der Waals surface area contributed by atoms with Gasteiger partial charge in [0.2, 0.25) is 0 Å². The Hall–Kier alpha value is -4.88. The third kappa shape index (κ3) is 13.2. The highest BCUT2D eigenvalue weighted by molar-refractivity contribution is 6.07. The second-order valence-corrected chi connectivity index (χ2v) is 23.4. The van der Waals surface area contributed by atoms with Crippen molar-refractivity contribution >= 4 is 17.1 Å². The number of methoxy groups -OCH3 is 1. The number of aromatic hydroxyl groups is 1. The Bertz CT molecular complexity index is 2530. The van der Waals surface area contributed by atoms with E-state index in [9.17, 15) is 24.9 Å². The lowest BCUT2D eigenvalue weighted by atomic mass is 9.57. The largest absolute Gasteiger partial charge is 0.504 e. The lowest BCUT2D eigenvalue weighted by Gasteiger charge is -2.52. The number of nitrogens with one attached hydrogen (secondary N) is 4. The molecule has 0 aromatic heterocycles. The highest BCUT2D eigenvalue weighted by Crippen LogP contribution is 2.63. The third-order valence-electron chi connectivity index (χ3n) is 18.2. The van der Waals surface area contributed by atoms with Crippen LogP contribution in [0.25, 0.3) is 5.57 Å². The molecule has 3 saturated carbocycles. The van der Waals surface area contributed by atoms with E-state index in [-0.39, 0.29) is 46.5 Å². The van der Waals surface area contributed by atoms with Crippen molar-refractivity contribution in [2.45, 2.75) is 147 Å². The number of aryl methyl sites for hydroxylation is 3. The van der Waals surface area contributed by atoms with E-state index in [0.717, 1.165) is 88.6 Å². The third-order valence-corrected chi connectivity index (χ3v) is 18.2. The summed E-state index contributed by atoms with van der Waals surface area (Å²) in [4.78, 5) is 27.9. The SMILES string of the molecule is COc1cc(/C(=C/C(=O)CC(=O)CCC[C@]2(C[C@@H]3[C@@H]4CCNC[C@@H]4C[C@@H]4C=CCN[C@@H]34)C[C@H](NC[C@H](C)O)C3(CCCC3)C2)CO)c(CC2=CNC(N)C=C2CCc2cccc(CCc3ccccc3)c2)cc1O. The predicted octanol–water partition coefficient (Wildman–Crippen LogP) is 8.59. The summed E-state index contributed by atoms with van der Waals surface area (Å²) >= 11 is 0. The van der Waals surface area contributed by atoms with Crippen LogP contribution in [0.1, 0.15) is 125 Å². The maximum absolute atomic E-state index is 13.9. The number of rotatable bonds is 23. The van der Waals surface area contributed by atoms with Gasteiger partial charge in [-0.15, -0.1) is 0 Å². The van der Waals surface area contributed by atoms with Crippen LogP contribution in [0.15, 0.2) is 108 Å². The summed E-state index contributed by atoms with van der Waals surface area (Å²) in [6.07, 6.45) is 25.9. The van der Waals surface area contributed by atoms with E-state index in [4.69, 9.17) is 10.5 Å². The average Bonchev–Trinajstić information content (AvgIpc) is 4.00. The molecule has 3 aliphatic heterocycles. The summed E-state index contributed by atoms with van der Waals surface area (Å²) in [6.45, 7) is 5.13. The molecule has 3 aliphatic carbocycles. The summed E-state index contributed by atoms with van der Waals surface area (Å²) in [5, 5.41) is 47.3. The van der Waals surface area contributed by atoms with Crippen LogP contribution in [-0.2, 0) is 35.3 Å². The van der Waals surface area contributed by atoms with Crippen LogP contribution in [0.4, 0.5) is 0 Å². The van der Waals surface area contributed by atoms with E-state index in [2.05, 4.69) is 82.0 Å². The first-order valence-corrected chi connectivity index (χ1v) is 28.2. The number of aliphatic hydroxyl groups is 2. The number of ether oxygens (including phenoxy) is 1. The minimum absolute atomic E-state index is 0.0429. The van der Waals surface area contributed by atoms with Crippen LogP contribution < -0.4 is 31.7 Å². The number of nitrogens with two attached hydrogens (primary N) is 1. The Morgan fingerprint density at radius 3 is 2.53 bits per heavy atom. The van der Waals surface area contributed by atoms with Gasteiger partial charge in [-0.05, 0) is 213 Å². The van der Waals surface area contributed by atoms with Gasteiger partial charge in [0.1, 0.15) is 5.78 Å². The molecule has 398 valence electrons. The first-order chi connectivity index (χ1) is 35.9. The number of ketones is 2. The summed E-state index contributed by atoms with van der Waals surface area (Å²) in [5.41, 5.74) is 14.3. The molecular weight excluding hydrogens is 923 g/mol. The number of carbonyl (C=O) groups is 2. The Morgan fingerprint density at radius 1 is 0.986 bits per heavy atom. The van der Waals surface area contributed by atoms with Crippen molar-refractivity contribution in [2.75, 3.05) is 39.9 Å². The second-order valence-electron chi connectivity index (χ2n) is 23.4. The molecule has 0 radical (unpaired) electrons. The standard InChI is InChI=1S/C63H85N5O6/c1-42(70)37-67-59-36-62(41-63(59)23-6-7-24-63,35-56-54-21-26-65-38-50(54)28-47-15-10-25-66-61(47)56)22-9-16-52(71)33-53(72)30-51(40-69)55-34-58(74-2)57(73)31-48(55)29-49-39-68-60(64)32-46(49)20-19-45-14-8-13-44(27-45)18-17-43-11-4-3-5-12-43/h3-5,8,10-15,27,30-32,34,39,42,47,50,54,56,59-61,65-70,73H,6-7,9,16-26,28-29,33,35-38,40-41,64H2,1-2H3/b51-30+/t42-,47-,50-,54+,56+,59-,60?,61+,62-/m0/s1. The molecule has 9 rings (SSSR count). The minimum atomic E-state index is -0.438. The topological polar surface area (TPSA) is 178 Å². The number of hydrogen-bond donors (Lipinski definition) is 8. The molecule has 3 aromatic rings. The van der Waals surface area contributed by atoms with Crippen LogP contribution in [0.5, 0.6) is 11.5 Å². The number of aliphatic hydroxyl groups excluding tert-OH is 2. The van der Waals surface area contributed by atoms with Gasteiger partial charge >= 0.3 is 0 Å². The molecule has 1 saturated heterocycles. The van der Waals surface area contributed by atoms with E-state index >= 15 is 0 Å². The Kier molecular flexibility index (Phi) is 18.1. The second kappa shape index (κ2) is 24.9. The zero-order valence-electron chi connectivity index (χ0n) is 44.3. The quantitative estimate of drug-likeness (QED) is 0.0259. The highest BCUT2D eigenvalue weighted by Gasteiger charge is 2.57. The van der Waals surface area contributed by atoms with Crippen molar-refractivity contribution in [1.82, 2.24) is 21.3 Å². The molecule has 0 bridgehead atoms. The molecule has 3 heterocycles. The number of benzene rings is 3. The van der Waals surface area contributed by atoms with Gasteiger partial charge in [0.15, 0.2) is 17.3 Å². The van der Waals surface area contributed by atoms with Crippen LogP contribution >= 0.6 is 0 Å². The fourth-order valence-corrected chi connectivity index (χ4v) is 14.9. The number of fused-ring (bicyclic) bond motifs is 2. The van der Waals surface area contributed by atoms with Crippen molar-refractivity contribution < 1.29 is 29.6 Å². The summed E-state index contributed by atoms with van der Waals surface area (Å²) in [6, 6.07) is 23.5. The van der Waals surface area contributed by atoms with Gasteiger partial charge in [0.05, 0.1) is 32.4 Å². The van der Waals surface area contributed by atoms with Gasteiger partial charge in [-0.2, -0.15) is 0 Å². The predicted molar refractivity (Wildman–Crippen MR) is 295 cm³/mol. The van der Waals surface area contributed by atoms with Crippen LogP contribution in [-0.4, -0.2) is 91.1 Å². The molecule has 4 fully saturated rings. The number of phenols is 1. The molecule has 9 atom stereocenters. The Morgan fingerprint density at radius 2 is 1.76 bits per heavy atom. The molecule has 11 heteroatoms. The number of dihydropyridines is 1. The zero-order valence-corrected chi connectivity index (χ0v) is 44.3. The summed E-state index contributed by atoms with van der Waals surface area (Å²) in [5.74, 6) is 2.21. The van der Waals surface area contributed by atoms with Crippen molar-refractivity contribution in [3.8, 4) is 11.5 Å². The van der Waals surface area contributed by atoms with Gasteiger partial charge in [0.25, 0.3) is 0 Å². The molecule has 6 aliphatic rings. The lowest BCUT2D eigenvalue weighted by Crippen LogP contribution is -2.57. The van der Waals surface area contributed by atoms with E-state index in [1.54, 1.807) is 12.1 Å². The van der Waals surface area contributed by atoms with Gasteiger partial charge in [-0.3, -0.25) is 9.59 Å². The number of phenolic OH excluding ortho intramolecular Hbond substituents is 1. The number of hydrogen-bond acceptors (Lipinski definition) is 11. The van der Waals surface area contributed by atoms with Crippen LogP contribution in [0.3, 0.4) is 0 Å². The van der Waals surface area contributed by atoms with Crippen LogP contribution in [0.2, 0.25) is 0 Å². The molecule has 1 spiro atoms. The van der Waals surface area contributed by atoms with E-state index in [0.29, 0.717) is 71.8 Å². The number of carbonyl (C=O) groups excluding carboxylic acids is 2. The molecule has 74 heavy (non-hydrogen) atoms. The molecule has 0 amide bonds. The number of piperidine rings is 1. The molecule has 11 nitrogen and oxygen atoms in total. The monoisotopic (exact) mass is 1010 g/mol. The minimum Gasteiger partial charge on any atom is -0.504 e. The lowest BCUT2D eigenvalue weighted by molar-refractivity contribution is -0.124. The van der Waals surface area contributed by atoms with E-state index in [1.807, 2.05) is 25.3 Å². The summed E-state index contributed by atoms with van der Waals surface area (Å²) in [7, 11) is 1.48. The number of Topliss-reactive ketones (excluding diaryl/α,β-unsaturated/α-hetero) is 1. The average molecular weight is 1010 g/mol. The maximum atomic E-state index is 13.9. The van der Waals surface area contributed by atoms with Gasteiger partial charge in [-0.25, -0.2) is 0 Å². The normalized spacial score (nSPS) is 27.7.